The highest BCUT2D eigenvalue weighted by Crippen LogP contribution is 2.35. The summed E-state index contributed by atoms with van der Waals surface area (Å²) in [5, 5.41) is 0. The van der Waals surface area contributed by atoms with Crippen LogP contribution in [0.2, 0.25) is 0 Å². The highest BCUT2D eigenvalue weighted by Gasteiger charge is 2.24. The minimum atomic E-state index is -0.334. The van der Waals surface area contributed by atoms with Crippen molar-refractivity contribution in [3.63, 3.8) is 0 Å². The van der Waals surface area contributed by atoms with Gasteiger partial charge in [-0.05, 0) is 31.0 Å². The fourth-order valence-corrected chi connectivity index (χ4v) is 2.00. The predicted octanol–water partition coefficient (Wildman–Crippen LogP) is 2.68. The summed E-state index contributed by atoms with van der Waals surface area (Å²) in [5.41, 5.74) is 1.77. The zero-order valence-corrected chi connectivity index (χ0v) is 11.6. The molecule has 0 amide bonds. The van der Waals surface area contributed by atoms with Crippen LogP contribution in [0.5, 0.6) is 11.5 Å². The maximum atomic E-state index is 11.8. The fourth-order valence-electron chi connectivity index (χ4n) is 2.00. The Kier molecular flexibility index (Phi) is 5.01. The number of carbonyl (C=O) groups is 1. The van der Waals surface area contributed by atoms with E-state index in [0.717, 1.165) is 16.9 Å². The molecule has 1 aromatic rings. The summed E-state index contributed by atoms with van der Waals surface area (Å²) in [6.45, 7) is 3.87. The van der Waals surface area contributed by atoms with Crippen LogP contribution in [-0.4, -0.2) is 27.3 Å². The standard InChI is InChI=1S/C14H20O4/c1-6-10(14(15)18-5)11-8-12(16-3)9(2)7-13(11)17-4/h7-8,10H,6H2,1-5H3. The second-order valence-corrected chi connectivity index (χ2v) is 4.05. The van der Waals surface area contributed by atoms with Crippen LogP contribution >= 0.6 is 0 Å². The van der Waals surface area contributed by atoms with Gasteiger partial charge in [0, 0.05) is 5.56 Å². The van der Waals surface area contributed by atoms with E-state index in [4.69, 9.17) is 14.2 Å². The summed E-state index contributed by atoms with van der Waals surface area (Å²) >= 11 is 0. The Balaban J connectivity index is 3.31. The Morgan fingerprint density at radius 2 is 1.78 bits per heavy atom. The van der Waals surface area contributed by atoms with Gasteiger partial charge in [-0.2, -0.15) is 0 Å². The van der Waals surface area contributed by atoms with Gasteiger partial charge in [-0.15, -0.1) is 0 Å². The van der Waals surface area contributed by atoms with Gasteiger partial charge in [-0.1, -0.05) is 6.92 Å². The molecule has 0 heterocycles. The topological polar surface area (TPSA) is 44.8 Å². The number of esters is 1. The van der Waals surface area contributed by atoms with Crippen molar-refractivity contribution in [1.82, 2.24) is 0 Å². The lowest BCUT2D eigenvalue weighted by molar-refractivity contribution is -0.142. The van der Waals surface area contributed by atoms with Gasteiger partial charge in [0.05, 0.1) is 27.2 Å². The molecule has 1 atom stereocenters. The minimum absolute atomic E-state index is 0.262. The molecule has 0 aliphatic rings. The first-order chi connectivity index (χ1) is 8.58. The molecule has 0 radical (unpaired) electrons. The molecule has 0 saturated heterocycles. The smallest absolute Gasteiger partial charge is 0.313 e. The van der Waals surface area contributed by atoms with E-state index < -0.39 is 0 Å². The van der Waals surface area contributed by atoms with Crippen molar-refractivity contribution in [3.8, 4) is 11.5 Å². The summed E-state index contributed by atoms with van der Waals surface area (Å²) in [4.78, 5) is 11.8. The van der Waals surface area contributed by atoms with Crippen molar-refractivity contribution in [2.24, 2.45) is 0 Å². The average molecular weight is 252 g/mol. The molecule has 100 valence electrons. The van der Waals surface area contributed by atoms with Gasteiger partial charge >= 0.3 is 5.97 Å². The zero-order chi connectivity index (χ0) is 13.7. The van der Waals surface area contributed by atoms with Crippen molar-refractivity contribution in [3.05, 3.63) is 23.3 Å². The van der Waals surface area contributed by atoms with Crippen LogP contribution in [0.15, 0.2) is 12.1 Å². The molecule has 1 rings (SSSR count). The molecular weight excluding hydrogens is 232 g/mol. The van der Waals surface area contributed by atoms with Crippen LogP contribution in [0.4, 0.5) is 0 Å². The Morgan fingerprint density at radius 1 is 1.17 bits per heavy atom. The summed E-state index contributed by atoms with van der Waals surface area (Å²) < 4.78 is 15.5. The monoisotopic (exact) mass is 252 g/mol. The van der Waals surface area contributed by atoms with Crippen LogP contribution < -0.4 is 9.47 Å². The fraction of sp³-hybridized carbons (Fsp3) is 0.500. The Labute approximate surface area is 108 Å². The lowest BCUT2D eigenvalue weighted by Crippen LogP contribution is -2.14. The number of benzene rings is 1. The molecule has 4 nitrogen and oxygen atoms in total. The molecule has 0 aromatic heterocycles. The van der Waals surface area contributed by atoms with Gasteiger partial charge in [0.2, 0.25) is 0 Å². The number of rotatable bonds is 5. The number of aryl methyl sites for hydroxylation is 1. The third kappa shape index (κ3) is 2.75. The first-order valence-electron chi connectivity index (χ1n) is 5.89. The maximum Gasteiger partial charge on any atom is 0.313 e. The number of hydrogen-bond donors (Lipinski definition) is 0. The quantitative estimate of drug-likeness (QED) is 0.756. The van der Waals surface area contributed by atoms with Crippen molar-refractivity contribution in [2.75, 3.05) is 21.3 Å². The molecule has 0 saturated carbocycles. The van der Waals surface area contributed by atoms with E-state index in [1.165, 1.54) is 7.11 Å². The largest absolute Gasteiger partial charge is 0.496 e. The first kappa shape index (κ1) is 14.4. The number of ether oxygens (including phenoxy) is 3. The third-order valence-electron chi connectivity index (χ3n) is 3.02. The van der Waals surface area contributed by atoms with E-state index in [9.17, 15) is 4.79 Å². The van der Waals surface area contributed by atoms with Gasteiger partial charge in [-0.25, -0.2) is 0 Å². The third-order valence-corrected chi connectivity index (χ3v) is 3.02. The lowest BCUT2D eigenvalue weighted by atomic mass is 9.94. The predicted molar refractivity (Wildman–Crippen MR) is 69.3 cm³/mol. The number of hydrogen-bond acceptors (Lipinski definition) is 4. The molecular formula is C14H20O4. The van der Waals surface area contributed by atoms with Gasteiger partial charge in [0.15, 0.2) is 0 Å². The highest BCUT2D eigenvalue weighted by atomic mass is 16.5. The van der Waals surface area contributed by atoms with Crippen molar-refractivity contribution in [2.45, 2.75) is 26.2 Å². The molecule has 0 aliphatic heterocycles. The zero-order valence-electron chi connectivity index (χ0n) is 11.6. The molecule has 18 heavy (non-hydrogen) atoms. The molecule has 0 spiro atoms. The van der Waals surface area contributed by atoms with Gasteiger partial charge in [0.25, 0.3) is 0 Å². The Hall–Kier alpha value is -1.71. The maximum absolute atomic E-state index is 11.8. The van der Waals surface area contributed by atoms with Crippen molar-refractivity contribution in [1.29, 1.82) is 0 Å². The minimum Gasteiger partial charge on any atom is -0.496 e. The van der Waals surface area contributed by atoms with Crippen LogP contribution in [0, 0.1) is 6.92 Å². The SMILES string of the molecule is CCC(C(=O)OC)c1cc(OC)c(C)cc1OC. The van der Waals surface area contributed by atoms with Crippen LogP contribution in [0.3, 0.4) is 0 Å². The van der Waals surface area contributed by atoms with Crippen molar-refractivity contribution >= 4 is 5.97 Å². The van der Waals surface area contributed by atoms with E-state index in [-0.39, 0.29) is 11.9 Å². The molecule has 0 aliphatic carbocycles. The lowest BCUT2D eigenvalue weighted by Gasteiger charge is -2.18. The molecule has 0 N–H and O–H groups in total. The Morgan fingerprint density at radius 3 is 2.22 bits per heavy atom. The van der Waals surface area contributed by atoms with Crippen LogP contribution in [0.25, 0.3) is 0 Å². The van der Waals surface area contributed by atoms with Gasteiger partial charge < -0.3 is 14.2 Å². The van der Waals surface area contributed by atoms with E-state index in [1.807, 2.05) is 26.0 Å². The van der Waals surface area contributed by atoms with E-state index in [2.05, 4.69) is 0 Å². The number of methoxy groups -OCH3 is 3. The Bertz CT molecular complexity index is 426. The summed E-state index contributed by atoms with van der Waals surface area (Å²) in [7, 11) is 4.59. The average Bonchev–Trinajstić information content (AvgIpc) is 2.40. The summed E-state index contributed by atoms with van der Waals surface area (Å²) in [5.74, 6) is 0.833. The number of carbonyl (C=O) groups excluding carboxylic acids is 1. The molecule has 0 fully saturated rings. The van der Waals surface area contributed by atoms with Gasteiger partial charge in [0.1, 0.15) is 11.5 Å². The van der Waals surface area contributed by atoms with E-state index in [0.29, 0.717) is 12.2 Å². The highest BCUT2D eigenvalue weighted by molar-refractivity contribution is 5.79. The van der Waals surface area contributed by atoms with Crippen molar-refractivity contribution < 1.29 is 19.0 Å². The molecule has 4 heteroatoms. The molecule has 0 bridgehead atoms. The summed E-state index contributed by atoms with van der Waals surface area (Å²) in [6.07, 6.45) is 0.648. The second-order valence-electron chi connectivity index (χ2n) is 4.05. The first-order valence-corrected chi connectivity index (χ1v) is 5.89. The van der Waals surface area contributed by atoms with Crippen LogP contribution in [-0.2, 0) is 9.53 Å². The normalized spacial score (nSPS) is 11.8. The molecule has 1 aromatic carbocycles. The molecule has 1 unspecified atom stereocenters. The summed E-state index contributed by atoms with van der Waals surface area (Å²) in [6, 6.07) is 3.72. The van der Waals surface area contributed by atoms with E-state index >= 15 is 0 Å². The van der Waals surface area contributed by atoms with E-state index in [1.54, 1.807) is 14.2 Å². The van der Waals surface area contributed by atoms with Crippen LogP contribution in [0.1, 0.15) is 30.4 Å². The van der Waals surface area contributed by atoms with Gasteiger partial charge in [-0.3, -0.25) is 4.79 Å². The second kappa shape index (κ2) is 6.28.